The number of carbonyl (C=O) groups is 1. The molecule has 0 spiro atoms. The van der Waals surface area contributed by atoms with Crippen LogP contribution in [-0.4, -0.2) is 59.4 Å². The molecule has 2 fully saturated rings. The lowest BCUT2D eigenvalue weighted by Gasteiger charge is -2.37. The van der Waals surface area contributed by atoms with Gasteiger partial charge >= 0.3 is 0 Å². The Morgan fingerprint density at radius 1 is 1.14 bits per heavy atom. The Bertz CT molecular complexity index is 876. The van der Waals surface area contributed by atoms with Gasteiger partial charge in [-0.15, -0.1) is 12.4 Å². The van der Waals surface area contributed by atoms with Crippen LogP contribution < -0.4 is 15.8 Å². The molecule has 7 nitrogen and oxygen atoms in total. The van der Waals surface area contributed by atoms with E-state index >= 15 is 0 Å². The first-order valence-corrected chi connectivity index (χ1v) is 9.63. The number of hydrogen-bond acceptors (Lipinski definition) is 5. The van der Waals surface area contributed by atoms with Crippen LogP contribution in [0.4, 0.5) is 5.69 Å². The minimum atomic E-state index is -0.339. The molecule has 1 aromatic carbocycles. The van der Waals surface area contributed by atoms with Crippen LogP contribution in [0.1, 0.15) is 12.8 Å². The molecule has 1 N–H and O–H groups in total. The Kier molecular flexibility index (Phi) is 6.59. The van der Waals surface area contributed by atoms with Gasteiger partial charge in [0.2, 0.25) is 5.91 Å². The van der Waals surface area contributed by atoms with Crippen molar-refractivity contribution in [2.24, 2.45) is 0 Å². The average molecular weight is 424 g/mol. The van der Waals surface area contributed by atoms with Crippen LogP contribution in [0.25, 0.3) is 5.69 Å². The maximum atomic E-state index is 12.6. The first kappa shape index (κ1) is 20.6. The van der Waals surface area contributed by atoms with E-state index in [1.807, 2.05) is 40.1 Å². The number of nitrogens with one attached hydrogen (secondary N) is 1. The highest BCUT2D eigenvalue weighted by Crippen LogP contribution is 2.23. The molecule has 0 bridgehead atoms. The third-order valence-corrected chi connectivity index (χ3v) is 5.55. The largest absolute Gasteiger partial charge is 0.365 e. The highest BCUT2D eigenvalue weighted by molar-refractivity contribution is 6.33. The Morgan fingerprint density at radius 3 is 2.50 bits per heavy atom. The molecule has 1 atom stereocenters. The monoisotopic (exact) mass is 423 g/mol. The van der Waals surface area contributed by atoms with Crippen LogP contribution >= 0.6 is 24.0 Å². The summed E-state index contributed by atoms with van der Waals surface area (Å²) in [5.41, 5.74) is 0.962. The summed E-state index contributed by atoms with van der Waals surface area (Å²) in [7, 11) is 0. The Hall–Kier alpha value is -2.09. The molecule has 1 amide bonds. The molecule has 1 unspecified atom stereocenters. The van der Waals surface area contributed by atoms with Crippen LogP contribution in [0, 0.1) is 0 Å². The minimum Gasteiger partial charge on any atom is -0.365 e. The fourth-order valence-electron chi connectivity index (χ4n) is 3.68. The van der Waals surface area contributed by atoms with Gasteiger partial charge in [-0.3, -0.25) is 9.59 Å². The zero-order valence-electron chi connectivity index (χ0n) is 15.4. The standard InChI is InChI=1S/C19H22ClN5O2.ClH/c20-17-16(13-22-25(19(17)27)14-5-2-1-3-6-14)23-9-11-24(12-10-23)18(26)15-7-4-8-21-15;/h1-3,5-6,13,15,21H,4,7-12H2;1H. The average Bonchev–Trinajstić information content (AvgIpc) is 3.25. The normalized spacial score (nSPS) is 19.4. The lowest BCUT2D eigenvalue weighted by atomic mass is 10.2. The molecule has 28 heavy (non-hydrogen) atoms. The third kappa shape index (κ3) is 4.01. The number of anilines is 1. The van der Waals surface area contributed by atoms with Crippen molar-refractivity contribution in [3.8, 4) is 5.69 Å². The van der Waals surface area contributed by atoms with Gasteiger partial charge in [0.25, 0.3) is 5.56 Å². The van der Waals surface area contributed by atoms with E-state index in [0.29, 0.717) is 37.6 Å². The number of amides is 1. The van der Waals surface area contributed by atoms with Gasteiger partial charge in [-0.05, 0) is 31.5 Å². The molecule has 150 valence electrons. The molecule has 0 aliphatic carbocycles. The molecule has 2 aliphatic heterocycles. The van der Waals surface area contributed by atoms with E-state index in [1.165, 1.54) is 4.68 Å². The van der Waals surface area contributed by atoms with Crippen LogP contribution in [0.5, 0.6) is 0 Å². The summed E-state index contributed by atoms with van der Waals surface area (Å²) in [6.07, 6.45) is 3.59. The topological polar surface area (TPSA) is 70.5 Å². The van der Waals surface area contributed by atoms with Crippen molar-refractivity contribution in [3.05, 3.63) is 51.9 Å². The number of halogens is 2. The number of aromatic nitrogens is 2. The Labute approximate surface area is 174 Å². The van der Waals surface area contributed by atoms with Crippen LogP contribution in [-0.2, 0) is 4.79 Å². The summed E-state index contributed by atoms with van der Waals surface area (Å²) in [6, 6.07) is 9.16. The first-order chi connectivity index (χ1) is 13.1. The van der Waals surface area contributed by atoms with Gasteiger partial charge in [-0.2, -0.15) is 9.78 Å². The fraction of sp³-hybridized carbons (Fsp3) is 0.421. The van der Waals surface area contributed by atoms with E-state index in [9.17, 15) is 9.59 Å². The molecule has 0 radical (unpaired) electrons. The second kappa shape index (κ2) is 8.94. The predicted octanol–water partition coefficient (Wildman–Crippen LogP) is 1.71. The summed E-state index contributed by atoms with van der Waals surface area (Å²) < 4.78 is 1.30. The van der Waals surface area contributed by atoms with Crippen molar-refractivity contribution in [1.82, 2.24) is 20.0 Å². The lowest BCUT2D eigenvalue weighted by molar-refractivity contribution is -0.133. The highest BCUT2D eigenvalue weighted by Gasteiger charge is 2.30. The number of hydrogen-bond donors (Lipinski definition) is 1. The molecule has 4 rings (SSSR count). The van der Waals surface area contributed by atoms with Gasteiger partial charge in [-0.25, -0.2) is 0 Å². The van der Waals surface area contributed by atoms with Gasteiger partial charge in [0, 0.05) is 26.2 Å². The van der Waals surface area contributed by atoms with Crippen LogP contribution in [0.3, 0.4) is 0 Å². The van der Waals surface area contributed by atoms with Crippen molar-refractivity contribution in [3.63, 3.8) is 0 Å². The quantitative estimate of drug-likeness (QED) is 0.813. The van der Waals surface area contributed by atoms with E-state index in [-0.39, 0.29) is 34.9 Å². The number of benzene rings is 1. The van der Waals surface area contributed by atoms with Crippen molar-refractivity contribution in [2.75, 3.05) is 37.6 Å². The van der Waals surface area contributed by atoms with Gasteiger partial charge in [0.1, 0.15) is 5.02 Å². The fourth-order valence-corrected chi connectivity index (χ4v) is 3.93. The molecular weight excluding hydrogens is 401 g/mol. The summed E-state index contributed by atoms with van der Waals surface area (Å²) in [6.45, 7) is 3.42. The van der Waals surface area contributed by atoms with Crippen molar-refractivity contribution in [1.29, 1.82) is 0 Å². The molecule has 9 heteroatoms. The summed E-state index contributed by atoms with van der Waals surface area (Å²) in [5, 5.41) is 7.70. The van der Waals surface area contributed by atoms with Crippen molar-refractivity contribution >= 4 is 35.6 Å². The van der Waals surface area contributed by atoms with Crippen LogP contribution in [0.15, 0.2) is 41.3 Å². The lowest BCUT2D eigenvalue weighted by Crippen LogP contribution is -2.53. The predicted molar refractivity (Wildman–Crippen MR) is 112 cm³/mol. The number of carbonyl (C=O) groups excluding carboxylic acids is 1. The van der Waals surface area contributed by atoms with Gasteiger partial charge in [0.15, 0.2) is 0 Å². The number of nitrogens with zero attached hydrogens (tertiary/aromatic N) is 4. The van der Waals surface area contributed by atoms with E-state index in [1.54, 1.807) is 6.20 Å². The summed E-state index contributed by atoms with van der Waals surface area (Å²) >= 11 is 6.38. The van der Waals surface area contributed by atoms with Crippen LogP contribution in [0.2, 0.25) is 5.02 Å². The zero-order valence-corrected chi connectivity index (χ0v) is 17.0. The van der Waals surface area contributed by atoms with Gasteiger partial charge < -0.3 is 15.1 Å². The maximum absolute atomic E-state index is 12.6. The van der Waals surface area contributed by atoms with E-state index in [0.717, 1.165) is 19.4 Å². The van der Waals surface area contributed by atoms with Crippen molar-refractivity contribution in [2.45, 2.75) is 18.9 Å². The first-order valence-electron chi connectivity index (χ1n) is 9.25. The second-order valence-corrected chi connectivity index (χ2v) is 7.24. The smallest absolute Gasteiger partial charge is 0.292 e. The zero-order chi connectivity index (χ0) is 18.8. The minimum absolute atomic E-state index is 0. The molecular formula is C19H23Cl2N5O2. The van der Waals surface area contributed by atoms with E-state index < -0.39 is 0 Å². The van der Waals surface area contributed by atoms with Crippen molar-refractivity contribution < 1.29 is 4.79 Å². The molecule has 2 aliphatic rings. The molecule has 1 aromatic heterocycles. The summed E-state index contributed by atoms with van der Waals surface area (Å²) in [4.78, 5) is 29.1. The summed E-state index contributed by atoms with van der Waals surface area (Å²) in [5.74, 6) is 0.177. The van der Waals surface area contributed by atoms with E-state index in [4.69, 9.17) is 11.6 Å². The molecule has 0 saturated carbocycles. The number of piperazine rings is 1. The van der Waals surface area contributed by atoms with E-state index in [2.05, 4.69) is 10.4 Å². The number of para-hydroxylation sites is 1. The molecule has 2 aromatic rings. The molecule has 3 heterocycles. The Balaban J connectivity index is 0.00000225. The third-order valence-electron chi connectivity index (χ3n) is 5.19. The maximum Gasteiger partial charge on any atom is 0.292 e. The second-order valence-electron chi connectivity index (χ2n) is 6.86. The SMILES string of the molecule is Cl.O=C(C1CCCN1)N1CCN(c2cnn(-c3ccccc3)c(=O)c2Cl)CC1. The highest BCUT2D eigenvalue weighted by atomic mass is 35.5. The number of rotatable bonds is 3. The molecule has 2 saturated heterocycles. The van der Waals surface area contributed by atoms with Gasteiger partial charge in [0.05, 0.1) is 23.6 Å². The Morgan fingerprint density at radius 2 is 1.86 bits per heavy atom. The van der Waals surface area contributed by atoms with Gasteiger partial charge in [-0.1, -0.05) is 29.8 Å².